The molecule has 1 aliphatic heterocycles. The summed E-state index contributed by atoms with van der Waals surface area (Å²) in [6.45, 7) is 9.15. The summed E-state index contributed by atoms with van der Waals surface area (Å²) in [6, 6.07) is 7.22. The van der Waals surface area contributed by atoms with E-state index in [9.17, 15) is 4.79 Å². The van der Waals surface area contributed by atoms with Crippen LogP contribution in [-0.2, 0) is 11.3 Å². The van der Waals surface area contributed by atoms with Crippen LogP contribution in [0.5, 0.6) is 0 Å². The number of morpholine rings is 1. The third kappa shape index (κ3) is 3.93. The standard InChI is InChI=1S/C20H23ClN4O2S/c1-12-22-18-17(28-12)13(10-25-8-9-27-20(2,3)11-25)16(24-18)19(26)23-15-7-5-4-6-14(15)21/h4-7,24H,8-11H2,1-3H3,(H,23,26). The Hall–Kier alpha value is -1.93. The summed E-state index contributed by atoms with van der Waals surface area (Å²) < 4.78 is 6.86. The summed E-state index contributed by atoms with van der Waals surface area (Å²) >= 11 is 7.81. The van der Waals surface area contributed by atoms with Crippen molar-refractivity contribution >= 4 is 44.9 Å². The largest absolute Gasteiger partial charge is 0.373 e. The molecular weight excluding hydrogens is 396 g/mol. The second kappa shape index (κ2) is 7.48. The van der Waals surface area contributed by atoms with Gasteiger partial charge in [-0.25, -0.2) is 4.98 Å². The molecule has 0 aliphatic carbocycles. The fourth-order valence-corrected chi connectivity index (χ4v) is 4.69. The number of hydrogen-bond acceptors (Lipinski definition) is 5. The van der Waals surface area contributed by atoms with Crippen molar-refractivity contribution in [3.05, 3.63) is 45.6 Å². The van der Waals surface area contributed by atoms with Crippen LogP contribution in [0.25, 0.3) is 10.3 Å². The molecule has 3 aromatic rings. The van der Waals surface area contributed by atoms with Gasteiger partial charge in [-0.1, -0.05) is 23.7 Å². The summed E-state index contributed by atoms with van der Waals surface area (Å²) in [5.74, 6) is -0.210. The predicted molar refractivity (Wildman–Crippen MR) is 113 cm³/mol. The second-order valence-electron chi connectivity index (χ2n) is 7.64. The van der Waals surface area contributed by atoms with Crippen LogP contribution in [0.15, 0.2) is 24.3 Å². The van der Waals surface area contributed by atoms with Crippen molar-refractivity contribution in [2.75, 3.05) is 25.0 Å². The van der Waals surface area contributed by atoms with Gasteiger partial charge in [-0.3, -0.25) is 9.69 Å². The van der Waals surface area contributed by atoms with Gasteiger partial charge in [-0.05, 0) is 32.9 Å². The lowest BCUT2D eigenvalue weighted by molar-refractivity contribution is -0.0881. The van der Waals surface area contributed by atoms with E-state index >= 15 is 0 Å². The second-order valence-corrected chi connectivity index (χ2v) is 9.25. The first-order valence-corrected chi connectivity index (χ1v) is 10.4. The molecule has 1 saturated heterocycles. The molecule has 1 amide bonds. The number of aromatic amines is 1. The number of para-hydroxylation sites is 1. The van der Waals surface area contributed by atoms with Crippen molar-refractivity contribution in [1.29, 1.82) is 0 Å². The number of hydrogen-bond donors (Lipinski definition) is 2. The normalized spacial score (nSPS) is 17.1. The number of anilines is 1. The molecule has 0 bridgehead atoms. The van der Waals surface area contributed by atoms with Gasteiger partial charge in [0, 0.05) is 25.2 Å². The molecule has 28 heavy (non-hydrogen) atoms. The van der Waals surface area contributed by atoms with E-state index in [0.717, 1.165) is 34.0 Å². The van der Waals surface area contributed by atoms with E-state index in [2.05, 4.69) is 34.0 Å². The smallest absolute Gasteiger partial charge is 0.272 e. The highest BCUT2D eigenvalue weighted by Gasteiger charge is 2.29. The van der Waals surface area contributed by atoms with Crippen LogP contribution < -0.4 is 5.32 Å². The first kappa shape index (κ1) is 19.4. The van der Waals surface area contributed by atoms with Crippen LogP contribution in [0.3, 0.4) is 0 Å². The summed E-state index contributed by atoms with van der Waals surface area (Å²) in [5, 5.41) is 4.40. The number of carbonyl (C=O) groups excluding carboxylic acids is 1. The zero-order chi connectivity index (χ0) is 19.9. The van der Waals surface area contributed by atoms with Gasteiger partial charge >= 0.3 is 0 Å². The molecular formula is C20H23ClN4O2S. The highest BCUT2D eigenvalue weighted by molar-refractivity contribution is 7.18. The van der Waals surface area contributed by atoms with E-state index in [0.29, 0.717) is 29.6 Å². The molecule has 6 nitrogen and oxygen atoms in total. The molecule has 1 aliphatic rings. The molecule has 0 unspecified atom stereocenters. The fourth-order valence-electron chi connectivity index (χ4n) is 3.59. The molecule has 3 heterocycles. The fraction of sp³-hybridized carbons (Fsp3) is 0.400. The number of aryl methyl sites for hydroxylation is 1. The van der Waals surface area contributed by atoms with Gasteiger partial charge in [0.2, 0.25) is 0 Å². The van der Waals surface area contributed by atoms with Gasteiger partial charge in [-0.15, -0.1) is 11.3 Å². The van der Waals surface area contributed by atoms with Gasteiger partial charge in [0.15, 0.2) is 0 Å². The highest BCUT2D eigenvalue weighted by Crippen LogP contribution is 2.31. The third-order valence-corrected chi connectivity index (χ3v) is 6.15. The summed E-state index contributed by atoms with van der Waals surface area (Å²) in [6.07, 6.45) is 0. The van der Waals surface area contributed by atoms with Crippen molar-refractivity contribution in [1.82, 2.24) is 14.9 Å². The van der Waals surface area contributed by atoms with Crippen molar-refractivity contribution < 1.29 is 9.53 Å². The van der Waals surface area contributed by atoms with E-state index < -0.39 is 0 Å². The number of amides is 1. The maximum absolute atomic E-state index is 13.0. The number of benzene rings is 1. The Morgan fingerprint density at radius 3 is 2.96 bits per heavy atom. The summed E-state index contributed by atoms with van der Waals surface area (Å²) in [7, 11) is 0. The van der Waals surface area contributed by atoms with E-state index in [1.165, 1.54) is 0 Å². The van der Waals surface area contributed by atoms with E-state index in [-0.39, 0.29) is 11.5 Å². The SMILES string of the molecule is Cc1nc2[nH]c(C(=O)Nc3ccccc3Cl)c(CN3CCOC(C)(C)C3)c2s1. The first-order valence-electron chi connectivity index (χ1n) is 9.22. The molecule has 8 heteroatoms. The molecule has 1 aromatic carbocycles. The minimum absolute atomic E-state index is 0.197. The molecule has 2 aromatic heterocycles. The number of aromatic nitrogens is 2. The first-order chi connectivity index (χ1) is 13.3. The van der Waals surface area contributed by atoms with E-state index in [1.54, 1.807) is 23.5 Å². The maximum atomic E-state index is 13.0. The lowest BCUT2D eigenvalue weighted by atomic mass is 10.1. The number of H-pyrrole nitrogens is 1. The number of carbonyl (C=O) groups is 1. The third-order valence-electron chi connectivity index (χ3n) is 4.79. The monoisotopic (exact) mass is 418 g/mol. The molecule has 148 valence electrons. The van der Waals surface area contributed by atoms with Gasteiger partial charge < -0.3 is 15.0 Å². The lowest BCUT2D eigenvalue weighted by Crippen LogP contribution is -2.47. The van der Waals surface area contributed by atoms with E-state index in [1.807, 2.05) is 19.1 Å². The molecule has 0 radical (unpaired) electrons. The Kier molecular flexibility index (Phi) is 5.18. The molecule has 0 spiro atoms. The summed E-state index contributed by atoms with van der Waals surface area (Å²) in [5.41, 5.74) is 2.67. The lowest BCUT2D eigenvalue weighted by Gasteiger charge is -2.38. The molecule has 0 atom stereocenters. The van der Waals surface area contributed by atoms with Crippen molar-refractivity contribution in [2.45, 2.75) is 32.9 Å². The highest BCUT2D eigenvalue weighted by atomic mass is 35.5. The Morgan fingerprint density at radius 1 is 1.43 bits per heavy atom. The molecule has 2 N–H and O–H groups in total. The maximum Gasteiger partial charge on any atom is 0.272 e. The van der Waals surface area contributed by atoms with Crippen LogP contribution >= 0.6 is 22.9 Å². The molecule has 4 rings (SSSR count). The molecule has 0 saturated carbocycles. The minimum atomic E-state index is -0.210. The van der Waals surface area contributed by atoms with Crippen LogP contribution in [-0.4, -0.2) is 46.1 Å². The Balaban J connectivity index is 1.66. The van der Waals surface area contributed by atoms with Gasteiger partial charge in [0.25, 0.3) is 5.91 Å². The van der Waals surface area contributed by atoms with Crippen LogP contribution in [0.2, 0.25) is 5.02 Å². The predicted octanol–water partition coefficient (Wildman–Crippen LogP) is 4.45. The van der Waals surface area contributed by atoms with Gasteiger partial charge in [0.1, 0.15) is 11.3 Å². The van der Waals surface area contributed by atoms with Gasteiger partial charge in [-0.2, -0.15) is 0 Å². The number of thiazole rings is 1. The number of ether oxygens (including phenoxy) is 1. The van der Waals surface area contributed by atoms with Crippen molar-refractivity contribution in [3.63, 3.8) is 0 Å². The van der Waals surface area contributed by atoms with Crippen molar-refractivity contribution in [3.8, 4) is 0 Å². The number of rotatable bonds is 4. The van der Waals surface area contributed by atoms with Crippen LogP contribution in [0.1, 0.15) is 34.9 Å². The average molecular weight is 419 g/mol. The zero-order valence-electron chi connectivity index (χ0n) is 16.1. The Labute approximate surface area is 172 Å². The van der Waals surface area contributed by atoms with E-state index in [4.69, 9.17) is 16.3 Å². The number of fused-ring (bicyclic) bond motifs is 1. The Bertz CT molecular complexity index is 1030. The Morgan fingerprint density at radius 2 is 2.21 bits per heavy atom. The quantitative estimate of drug-likeness (QED) is 0.656. The minimum Gasteiger partial charge on any atom is -0.373 e. The van der Waals surface area contributed by atoms with Gasteiger partial charge in [0.05, 0.1) is 32.6 Å². The number of halogens is 1. The molecule has 1 fully saturated rings. The number of nitrogens with one attached hydrogen (secondary N) is 2. The topological polar surface area (TPSA) is 70.2 Å². The number of nitrogens with zero attached hydrogens (tertiary/aromatic N) is 2. The van der Waals surface area contributed by atoms with Crippen LogP contribution in [0, 0.1) is 6.92 Å². The average Bonchev–Trinajstić information content (AvgIpc) is 3.13. The van der Waals surface area contributed by atoms with Crippen molar-refractivity contribution in [2.24, 2.45) is 0 Å². The summed E-state index contributed by atoms with van der Waals surface area (Å²) in [4.78, 5) is 23.1. The zero-order valence-corrected chi connectivity index (χ0v) is 17.7. The van der Waals surface area contributed by atoms with Crippen LogP contribution in [0.4, 0.5) is 5.69 Å².